The molecular weight excluding hydrogens is 344 g/mol. The molecule has 1 aromatic carbocycles. The van der Waals surface area contributed by atoms with Crippen molar-refractivity contribution in [2.45, 2.75) is 44.6 Å². The highest BCUT2D eigenvalue weighted by molar-refractivity contribution is 9.11. The minimum absolute atomic E-state index is 0.318. The van der Waals surface area contributed by atoms with Crippen LogP contribution < -0.4 is 0 Å². The minimum atomic E-state index is -0.318. The monoisotopic (exact) mass is 360 g/mol. The molecule has 94 valence electrons. The minimum Gasteiger partial charge on any atom is -0.388 e. The van der Waals surface area contributed by atoms with E-state index in [1.165, 1.54) is 25.7 Å². The van der Waals surface area contributed by atoms with Crippen molar-refractivity contribution in [2.24, 2.45) is 5.92 Å². The van der Waals surface area contributed by atoms with Gasteiger partial charge in [0, 0.05) is 8.95 Å². The van der Waals surface area contributed by atoms with E-state index in [2.05, 4.69) is 31.9 Å². The average Bonchev–Trinajstić information content (AvgIpc) is 2.55. The molecule has 1 aliphatic rings. The number of hydrogen-bond acceptors (Lipinski definition) is 1. The van der Waals surface area contributed by atoms with Crippen LogP contribution in [0, 0.1) is 5.92 Å². The van der Waals surface area contributed by atoms with Gasteiger partial charge in [0.25, 0.3) is 0 Å². The summed E-state index contributed by atoms with van der Waals surface area (Å²) in [7, 11) is 0. The first kappa shape index (κ1) is 13.6. The smallest absolute Gasteiger partial charge is 0.0818 e. The molecule has 0 bridgehead atoms. The van der Waals surface area contributed by atoms with Crippen molar-refractivity contribution in [3.63, 3.8) is 0 Å². The Hall–Kier alpha value is 0.140. The van der Waals surface area contributed by atoms with Crippen molar-refractivity contribution >= 4 is 31.9 Å². The molecule has 0 radical (unpaired) electrons. The third kappa shape index (κ3) is 3.80. The summed E-state index contributed by atoms with van der Waals surface area (Å²) in [5.41, 5.74) is 1.03. The van der Waals surface area contributed by atoms with Crippen LogP contribution in [0.15, 0.2) is 27.1 Å². The van der Waals surface area contributed by atoms with E-state index in [9.17, 15) is 5.11 Å². The molecule has 0 aliphatic heterocycles. The number of halogens is 2. The lowest BCUT2D eigenvalue weighted by Crippen LogP contribution is -2.12. The van der Waals surface area contributed by atoms with E-state index in [1.807, 2.05) is 18.2 Å². The maximum Gasteiger partial charge on any atom is 0.0818 e. The normalized spacial score (nSPS) is 19.9. The lowest BCUT2D eigenvalue weighted by molar-refractivity contribution is 0.0987. The van der Waals surface area contributed by atoms with Crippen molar-refractivity contribution in [3.8, 4) is 0 Å². The van der Waals surface area contributed by atoms with E-state index in [4.69, 9.17) is 0 Å². The van der Waals surface area contributed by atoms with Gasteiger partial charge in [-0.2, -0.15) is 0 Å². The van der Waals surface area contributed by atoms with Crippen LogP contribution in [-0.2, 0) is 0 Å². The molecule has 1 saturated carbocycles. The number of aliphatic hydroxyl groups excluding tert-OH is 1. The van der Waals surface area contributed by atoms with Crippen molar-refractivity contribution in [1.82, 2.24) is 0 Å². The largest absolute Gasteiger partial charge is 0.388 e. The summed E-state index contributed by atoms with van der Waals surface area (Å²) in [4.78, 5) is 0. The Kier molecular flexibility index (Phi) is 5.07. The summed E-state index contributed by atoms with van der Waals surface area (Å²) >= 11 is 6.96. The lowest BCUT2D eigenvalue weighted by Gasteiger charge is -2.22. The van der Waals surface area contributed by atoms with E-state index in [0.29, 0.717) is 5.92 Å². The first-order chi connectivity index (χ1) is 8.16. The zero-order valence-corrected chi connectivity index (χ0v) is 13.0. The summed E-state index contributed by atoms with van der Waals surface area (Å²) < 4.78 is 2.05. The van der Waals surface area contributed by atoms with Crippen LogP contribution >= 0.6 is 31.9 Å². The Labute approximate surface area is 120 Å². The SMILES string of the molecule is OC(c1cc(Br)cc(Br)c1)C1CCCCCC1. The fourth-order valence-electron chi connectivity index (χ4n) is 2.64. The molecule has 17 heavy (non-hydrogen) atoms. The van der Waals surface area contributed by atoms with Gasteiger partial charge in [0.1, 0.15) is 0 Å². The van der Waals surface area contributed by atoms with Gasteiger partial charge in [-0.1, -0.05) is 57.5 Å². The zero-order valence-electron chi connectivity index (χ0n) is 9.83. The lowest BCUT2D eigenvalue weighted by atomic mass is 9.89. The van der Waals surface area contributed by atoms with Crippen LogP contribution in [0.3, 0.4) is 0 Å². The zero-order chi connectivity index (χ0) is 12.3. The van der Waals surface area contributed by atoms with Crippen molar-refractivity contribution in [1.29, 1.82) is 0 Å². The Morgan fingerprint density at radius 2 is 1.47 bits per heavy atom. The maximum atomic E-state index is 10.5. The van der Waals surface area contributed by atoms with E-state index < -0.39 is 0 Å². The molecule has 2 rings (SSSR count). The second-order valence-electron chi connectivity index (χ2n) is 4.90. The van der Waals surface area contributed by atoms with Gasteiger partial charge in [0.15, 0.2) is 0 Å². The summed E-state index contributed by atoms with van der Waals surface area (Å²) in [5.74, 6) is 0.429. The molecule has 0 saturated heterocycles. The third-order valence-electron chi connectivity index (χ3n) is 3.57. The Morgan fingerprint density at radius 1 is 0.941 bits per heavy atom. The Balaban J connectivity index is 2.14. The molecule has 0 amide bonds. The maximum absolute atomic E-state index is 10.5. The van der Waals surface area contributed by atoms with Crippen LogP contribution in [-0.4, -0.2) is 5.11 Å². The summed E-state index contributed by atoms with van der Waals surface area (Å²) in [5, 5.41) is 10.5. The molecule has 0 aromatic heterocycles. The molecule has 0 spiro atoms. The van der Waals surface area contributed by atoms with E-state index in [1.54, 1.807) is 0 Å². The predicted molar refractivity (Wildman–Crippen MR) is 78.0 cm³/mol. The molecule has 0 heterocycles. The predicted octanol–water partition coefficient (Wildman–Crippen LogP) is 5.22. The molecular formula is C14H18Br2O. The van der Waals surface area contributed by atoms with Crippen molar-refractivity contribution in [2.75, 3.05) is 0 Å². The molecule has 3 heteroatoms. The van der Waals surface area contributed by atoms with Crippen molar-refractivity contribution < 1.29 is 5.11 Å². The van der Waals surface area contributed by atoms with E-state index in [-0.39, 0.29) is 6.10 Å². The number of benzene rings is 1. The van der Waals surface area contributed by atoms with Crippen LogP contribution in [0.25, 0.3) is 0 Å². The molecule has 1 nitrogen and oxygen atoms in total. The molecule has 1 atom stereocenters. The molecule has 1 unspecified atom stereocenters. The van der Waals surface area contributed by atoms with Crippen LogP contribution in [0.4, 0.5) is 0 Å². The van der Waals surface area contributed by atoms with Crippen LogP contribution in [0.1, 0.15) is 50.2 Å². The van der Waals surface area contributed by atoms with E-state index >= 15 is 0 Å². The second-order valence-corrected chi connectivity index (χ2v) is 6.73. The van der Waals surface area contributed by atoms with Gasteiger partial charge in [0.2, 0.25) is 0 Å². The molecule has 1 fully saturated rings. The van der Waals surface area contributed by atoms with Gasteiger partial charge in [-0.15, -0.1) is 0 Å². The quantitative estimate of drug-likeness (QED) is 0.716. The van der Waals surface area contributed by atoms with Gasteiger partial charge in [-0.3, -0.25) is 0 Å². The average molecular weight is 362 g/mol. The fourth-order valence-corrected chi connectivity index (χ4v) is 3.97. The Morgan fingerprint density at radius 3 is 2.00 bits per heavy atom. The summed E-state index contributed by atoms with van der Waals surface area (Å²) in [6.07, 6.45) is 7.17. The topological polar surface area (TPSA) is 20.2 Å². The van der Waals surface area contributed by atoms with Gasteiger partial charge in [-0.25, -0.2) is 0 Å². The highest BCUT2D eigenvalue weighted by Crippen LogP contribution is 2.35. The number of aliphatic hydroxyl groups is 1. The van der Waals surface area contributed by atoms with Gasteiger partial charge in [0.05, 0.1) is 6.10 Å². The van der Waals surface area contributed by atoms with Crippen molar-refractivity contribution in [3.05, 3.63) is 32.7 Å². The highest BCUT2D eigenvalue weighted by atomic mass is 79.9. The van der Waals surface area contributed by atoms with Gasteiger partial charge >= 0.3 is 0 Å². The standard InChI is InChI=1S/C14H18Br2O/c15-12-7-11(8-13(16)9-12)14(17)10-5-3-1-2-4-6-10/h7-10,14,17H,1-6H2. The summed E-state index contributed by atoms with van der Waals surface area (Å²) in [6, 6.07) is 6.06. The number of hydrogen-bond donors (Lipinski definition) is 1. The summed E-state index contributed by atoms with van der Waals surface area (Å²) in [6.45, 7) is 0. The Bertz CT molecular complexity index is 350. The first-order valence-electron chi connectivity index (χ1n) is 6.31. The van der Waals surface area contributed by atoms with Crippen LogP contribution in [0.5, 0.6) is 0 Å². The molecule has 1 N–H and O–H groups in total. The van der Waals surface area contributed by atoms with Crippen LogP contribution in [0.2, 0.25) is 0 Å². The fraction of sp³-hybridized carbons (Fsp3) is 0.571. The second kappa shape index (κ2) is 6.35. The van der Waals surface area contributed by atoms with Gasteiger partial charge < -0.3 is 5.11 Å². The highest BCUT2D eigenvalue weighted by Gasteiger charge is 2.22. The van der Waals surface area contributed by atoms with E-state index in [0.717, 1.165) is 27.4 Å². The van der Waals surface area contributed by atoms with Gasteiger partial charge in [-0.05, 0) is 42.5 Å². The molecule has 1 aromatic rings. The number of rotatable bonds is 2. The molecule has 1 aliphatic carbocycles. The first-order valence-corrected chi connectivity index (χ1v) is 7.89. The third-order valence-corrected chi connectivity index (χ3v) is 4.49.